The number of hydrogen-bond donors (Lipinski definition) is 1. The van der Waals surface area contributed by atoms with Crippen molar-refractivity contribution in [2.24, 2.45) is 0 Å². The molecular formula is C7H8FNOS. The summed E-state index contributed by atoms with van der Waals surface area (Å²) >= 11 is -1.28. The first-order valence-corrected chi connectivity index (χ1v) is 4.55. The second-order valence-corrected chi connectivity index (χ2v) is 3.49. The van der Waals surface area contributed by atoms with Crippen LogP contribution in [0.15, 0.2) is 23.1 Å². The fourth-order valence-electron chi connectivity index (χ4n) is 0.750. The van der Waals surface area contributed by atoms with E-state index in [2.05, 4.69) is 0 Å². The number of nitrogen functional groups attached to an aromatic ring is 1. The molecule has 0 saturated carbocycles. The second-order valence-electron chi connectivity index (χ2n) is 2.14. The Balaban J connectivity index is 3.09. The predicted molar refractivity (Wildman–Crippen MR) is 43.1 cm³/mol. The molecule has 1 unspecified atom stereocenters. The summed E-state index contributed by atoms with van der Waals surface area (Å²) in [5.41, 5.74) is 5.63. The average Bonchev–Trinajstić information content (AvgIpc) is 1.85. The lowest BCUT2D eigenvalue weighted by atomic mass is 10.3. The largest absolute Gasteiger partial charge is 0.612 e. The van der Waals surface area contributed by atoms with E-state index >= 15 is 0 Å². The van der Waals surface area contributed by atoms with Gasteiger partial charge >= 0.3 is 0 Å². The summed E-state index contributed by atoms with van der Waals surface area (Å²) < 4.78 is 23.6. The number of hydrogen-bond acceptors (Lipinski definition) is 2. The van der Waals surface area contributed by atoms with Crippen LogP contribution < -0.4 is 5.73 Å². The van der Waals surface area contributed by atoms with Crippen molar-refractivity contribution >= 4 is 16.9 Å². The van der Waals surface area contributed by atoms with E-state index in [1.807, 2.05) is 0 Å². The zero-order chi connectivity index (χ0) is 8.43. The van der Waals surface area contributed by atoms with Crippen molar-refractivity contribution in [1.29, 1.82) is 0 Å². The topological polar surface area (TPSA) is 49.1 Å². The third-order valence-electron chi connectivity index (χ3n) is 1.27. The monoisotopic (exact) mass is 173 g/mol. The summed E-state index contributed by atoms with van der Waals surface area (Å²) in [5.74, 6) is -0.508. The molecule has 1 aromatic rings. The van der Waals surface area contributed by atoms with E-state index in [1.54, 1.807) is 0 Å². The van der Waals surface area contributed by atoms with E-state index in [-0.39, 0.29) is 4.90 Å². The fraction of sp³-hybridized carbons (Fsp3) is 0.143. The minimum Gasteiger partial charge on any atom is -0.612 e. The molecule has 1 aromatic carbocycles. The van der Waals surface area contributed by atoms with Gasteiger partial charge in [0.1, 0.15) is 6.26 Å². The Morgan fingerprint density at radius 1 is 1.55 bits per heavy atom. The normalized spacial score (nSPS) is 13.0. The van der Waals surface area contributed by atoms with Gasteiger partial charge in [0.15, 0.2) is 10.7 Å². The van der Waals surface area contributed by atoms with Crippen LogP contribution in [0.1, 0.15) is 0 Å². The van der Waals surface area contributed by atoms with Crippen LogP contribution in [0.2, 0.25) is 0 Å². The van der Waals surface area contributed by atoms with Gasteiger partial charge in [-0.1, -0.05) is 0 Å². The van der Waals surface area contributed by atoms with Crippen molar-refractivity contribution in [3.8, 4) is 0 Å². The van der Waals surface area contributed by atoms with Gasteiger partial charge in [0.25, 0.3) is 0 Å². The van der Waals surface area contributed by atoms with Crippen LogP contribution in [0, 0.1) is 5.82 Å². The summed E-state index contributed by atoms with van der Waals surface area (Å²) in [6, 6.07) is 4.12. The summed E-state index contributed by atoms with van der Waals surface area (Å²) in [4.78, 5) is 0.194. The lowest BCUT2D eigenvalue weighted by Gasteiger charge is -2.04. The van der Waals surface area contributed by atoms with E-state index in [1.165, 1.54) is 18.4 Å². The van der Waals surface area contributed by atoms with E-state index in [0.29, 0.717) is 5.69 Å². The Labute approximate surface area is 67.4 Å². The quantitative estimate of drug-likeness (QED) is 0.511. The third-order valence-corrected chi connectivity index (χ3v) is 2.22. The van der Waals surface area contributed by atoms with Crippen LogP contribution >= 0.6 is 0 Å². The number of rotatable bonds is 1. The molecule has 0 radical (unpaired) electrons. The lowest BCUT2D eigenvalue weighted by Crippen LogP contribution is -2.01. The van der Waals surface area contributed by atoms with Gasteiger partial charge in [0, 0.05) is 11.8 Å². The smallest absolute Gasteiger partial charge is 0.188 e. The van der Waals surface area contributed by atoms with Gasteiger partial charge in [-0.25, -0.2) is 4.39 Å². The molecule has 0 aliphatic carbocycles. The maximum Gasteiger partial charge on any atom is 0.188 e. The molecule has 0 aliphatic rings. The molecule has 60 valence electrons. The first-order chi connectivity index (χ1) is 5.11. The molecule has 2 N–H and O–H groups in total. The van der Waals surface area contributed by atoms with Crippen molar-refractivity contribution in [2.75, 3.05) is 12.0 Å². The van der Waals surface area contributed by atoms with Gasteiger partial charge in [-0.15, -0.1) is 0 Å². The van der Waals surface area contributed by atoms with Crippen LogP contribution in [0.25, 0.3) is 0 Å². The van der Waals surface area contributed by atoms with Crippen molar-refractivity contribution in [1.82, 2.24) is 0 Å². The molecule has 11 heavy (non-hydrogen) atoms. The van der Waals surface area contributed by atoms with Crippen molar-refractivity contribution in [3.63, 3.8) is 0 Å². The Morgan fingerprint density at radius 3 is 2.64 bits per heavy atom. The van der Waals surface area contributed by atoms with Gasteiger partial charge in [0.2, 0.25) is 0 Å². The molecule has 4 heteroatoms. The van der Waals surface area contributed by atoms with E-state index < -0.39 is 17.0 Å². The minimum absolute atomic E-state index is 0.194. The summed E-state index contributed by atoms with van der Waals surface area (Å²) in [7, 11) is 0. The minimum atomic E-state index is -1.28. The summed E-state index contributed by atoms with van der Waals surface area (Å²) in [5, 5.41) is 0. The SMILES string of the molecule is C[S+]([O-])c1ccc(N)cc1F. The molecule has 0 fully saturated rings. The van der Waals surface area contributed by atoms with Crippen molar-refractivity contribution in [2.45, 2.75) is 4.90 Å². The lowest BCUT2D eigenvalue weighted by molar-refractivity contribution is 0.570. The Bertz CT molecular complexity index is 265. The fourth-order valence-corrected chi connectivity index (χ4v) is 1.34. The molecule has 1 rings (SSSR count). The van der Waals surface area contributed by atoms with Crippen LogP contribution in [0.4, 0.5) is 10.1 Å². The van der Waals surface area contributed by atoms with Gasteiger partial charge in [-0.3, -0.25) is 0 Å². The highest BCUT2D eigenvalue weighted by atomic mass is 32.2. The maximum absolute atomic E-state index is 12.8. The Kier molecular flexibility index (Phi) is 2.36. The van der Waals surface area contributed by atoms with Crippen LogP contribution in [-0.4, -0.2) is 10.8 Å². The third kappa shape index (κ3) is 1.85. The van der Waals surface area contributed by atoms with Gasteiger partial charge < -0.3 is 10.3 Å². The number of anilines is 1. The molecule has 0 heterocycles. The zero-order valence-electron chi connectivity index (χ0n) is 6.00. The van der Waals surface area contributed by atoms with Crippen molar-refractivity contribution in [3.05, 3.63) is 24.0 Å². The molecule has 1 atom stereocenters. The van der Waals surface area contributed by atoms with E-state index in [9.17, 15) is 8.94 Å². The van der Waals surface area contributed by atoms with Crippen molar-refractivity contribution < 1.29 is 8.94 Å². The highest BCUT2D eigenvalue weighted by Crippen LogP contribution is 2.16. The van der Waals surface area contributed by atoms with Gasteiger partial charge in [0.05, 0.1) is 0 Å². The molecule has 0 amide bonds. The summed E-state index contributed by atoms with van der Waals surface area (Å²) in [6.07, 6.45) is 1.43. The highest BCUT2D eigenvalue weighted by Gasteiger charge is 2.10. The molecule has 0 aromatic heterocycles. The number of nitrogens with two attached hydrogens (primary N) is 1. The Morgan fingerprint density at radius 2 is 2.18 bits per heavy atom. The standard InChI is InChI=1S/C7H8FNOS/c1-11(10)7-3-2-5(9)4-6(7)8/h2-4H,9H2,1H3. The van der Waals surface area contributed by atoms with Gasteiger partial charge in [-0.05, 0) is 23.3 Å². The molecule has 2 nitrogen and oxygen atoms in total. The summed E-state index contributed by atoms with van der Waals surface area (Å²) in [6.45, 7) is 0. The average molecular weight is 173 g/mol. The second kappa shape index (κ2) is 3.11. The maximum atomic E-state index is 12.8. The van der Waals surface area contributed by atoms with Crippen LogP contribution in [-0.2, 0) is 11.2 Å². The van der Waals surface area contributed by atoms with Crippen LogP contribution in [0.3, 0.4) is 0 Å². The molecule has 0 bridgehead atoms. The van der Waals surface area contributed by atoms with Gasteiger partial charge in [-0.2, -0.15) is 0 Å². The molecule has 0 aliphatic heterocycles. The Hall–Kier alpha value is -0.740. The molecule has 0 saturated heterocycles. The number of benzene rings is 1. The predicted octanol–water partition coefficient (Wildman–Crippen LogP) is 1.15. The van der Waals surface area contributed by atoms with E-state index in [4.69, 9.17) is 5.73 Å². The van der Waals surface area contributed by atoms with Crippen LogP contribution in [0.5, 0.6) is 0 Å². The first-order valence-electron chi connectivity index (χ1n) is 2.99. The highest BCUT2D eigenvalue weighted by molar-refractivity contribution is 7.90. The van der Waals surface area contributed by atoms with E-state index in [0.717, 1.165) is 6.07 Å². The molecule has 0 spiro atoms. The first kappa shape index (κ1) is 8.36. The zero-order valence-corrected chi connectivity index (χ0v) is 6.82. The number of halogens is 1. The molecular weight excluding hydrogens is 165 g/mol.